The van der Waals surface area contributed by atoms with Gasteiger partial charge in [-0.1, -0.05) is 36.5 Å². The third-order valence-electron chi connectivity index (χ3n) is 6.68. The number of carbonyl (C=O) groups is 2. The lowest BCUT2D eigenvalue weighted by atomic mass is 10.1. The number of unbranched alkanes of at least 4 members (excludes halogenated alkanes) is 1. The lowest BCUT2D eigenvalue weighted by molar-refractivity contribution is -0.276. The molecule has 0 aliphatic rings. The summed E-state index contributed by atoms with van der Waals surface area (Å²) in [6.45, 7) is 0.669. The van der Waals surface area contributed by atoms with E-state index in [2.05, 4.69) is 10.6 Å². The molecule has 0 aliphatic carbocycles. The van der Waals surface area contributed by atoms with E-state index in [0.29, 0.717) is 53.9 Å². The number of rotatable bonds is 21. The summed E-state index contributed by atoms with van der Waals surface area (Å²) < 4.78 is 32.1. The zero-order valence-electron chi connectivity index (χ0n) is 28.1. The summed E-state index contributed by atoms with van der Waals surface area (Å²) in [5.74, 6) is 2.68. The zero-order valence-corrected chi connectivity index (χ0v) is 28.1. The summed E-state index contributed by atoms with van der Waals surface area (Å²) in [6.07, 6.45) is 15.4. The van der Waals surface area contributed by atoms with Crippen LogP contribution in [0.1, 0.15) is 30.4 Å². The standard InChI is InChI=1S/C35H46N2O10/c1-40-28-20-25(21-29(41-2)34(28)44-5)14-8-10-17-32(38)36-19-13-12-16-27(24-47-46-7)37-33(39)18-11-9-15-26-22-30(42-3)35(45-6)31(23-26)43-4/h8-11,14-15,17-18,20-23,27H,12-13,16,19,24H2,1-7H3,(H,36,38)(H,37,39)/b14-8+,15-9+,17-10+,18-11+. The molecule has 0 heterocycles. The van der Waals surface area contributed by atoms with Crippen LogP contribution in [0.15, 0.2) is 60.7 Å². The molecule has 2 N–H and O–H groups in total. The van der Waals surface area contributed by atoms with Crippen molar-refractivity contribution in [2.45, 2.75) is 25.3 Å². The topological polar surface area (TPSA) is 132 Å². The largest absolute Gasteiger partial charge is 0.493 e. The summed E-state index contributed by atoms with van der Waals surface area (Å²) in [4.78, 5) is 34.5. The quantitative estimate of drug-likeness (QED) is 0.0628. The van der Waals surface area contributed by atoms with Crippen molar-refractivity contribution >= 4 is 24.0 Å². The van der Waals surface area contributed by atoms with E-state index in [-0.39, 0.29) is 24.5 Å². The highest BCUT2D eigenvalue weighted by atomic mass is 17.2. The summed E-state index contributed by atoms with van der Waals surface area (Å²) in [5, 5.41) is 5.78. The number of hydrogen-bond donors (Lipinski definition) is 2. The van der Waals surface area contributed by atoms with E-state index >= 15 is 0 Å². The highest BCUT2D eigenvalue weighted by Crippen LogP contribution is 2.39. The first-order valence-electron chi connectivity index (χ1n) is 14.9. The van der Waals surface area contributed by atoms with E-state index in [1.165, 1.54) is 19.3 Å². The first-order valence-corrected chi connectivity index (χ1v) is 14.9. The average molecular weight is 655 g/mol. The Balaban J connectivity index is 1.80. The predicted octanol–water partition coefficient (Wildman–Crippen LogP) is 4.93. The van der Waals surface area contributed by atoms with Gasteiger partial charge in [-0.2, -0.15) is 0 Å². The Morgan fingerprint density at radius 1 is 0.638 bits per heavy atom. The Labute approximate surface area is 276 Å². The molecule has 47 heavy (non-hydrogen) atoms. The van der Waals surface area contributed by atoms with Crippen molar-refractivity contribution in [1.82, 2.24) is 10.6 Å². The fraction of sp³-hybridized carbons (Fsp3) is 0.371. The molecule has 0 aliphatic heterocycles. The minimum atomic E-state index is -0.276. The van der Waals surface area contributed by atoms with Gasteiger partial charge >= 0.3 is 0 Å². The van der Waals surface area contributed by atoms with Crippen LogP contribution in [-0.4, -0.2) is 80.8 Å². The molecule has 1 unspecified atom stereocenters. The molecule has 0 radical (unpaired) electrons. The van der Waals surface area contributed by atoms with Crippen LogP contribution < -0.4 is 39.1 Å². The van der Waals surface area contributed by atoms with Crippen molar-refractivity contribution < 1.29 is 47.8 Å². The van der Waals surface area contributed by atoms with Crippen LogP contribution in [0, 0.1) is 0 Å². The normalized spacial score (nSPS) is 12.1. The number of hydrogen-bond acceptors (Lipinski definition) is 10. The first-order chi connectivity index (χ1) is 22.8. The van der Waals surface area contributed by atoms with Crippen molar-refractivity contribution in [3.63, 3.8) is 0 Å². The molecule has 2 amide bonds. The van der Waals surface area contributed by atoms with Crippen LogP contribution in [0.5, 0.6) is 34.5 Å². The number of benzene rings is 2. The Bertz CT molecular complexity index is 1350. The van der Waals surface area contributed by atoms with Gasteiger partial charge in [0, 0.05) is 18.7 Å². The van der Waals surface area contributed by atoms with Gasteiger partial charge in [0.25, 0.3) is 0 Å². The molecule has 0 saturated carbocycles. The second kappa shape index (κ2) is 21.7. The highest BCUT2D eigenvalue weighted by Gasteiger charge is 2.14. The van der Waals surface area contributed by atoms with Crippen LogP contribution in [0.4, 0.5) is 0 Å². The molecule has 0 bridgehead atoms. The molecule has 0 spiro atoms. The molecule has 0 fully saturated rings. The minimum absolute atomic E-state index is 0.185. The summed E-state index contributed by atoms with van der Waals surface area (Å²) >= 11 is 0. The second-order valence-corrected chi connectivity index (χ2v) is 9.80. The molecule has 12 heteroatoms. The van der Waals surface area contributed by atoms with Crippen LogP contribution >= 0.6 is 0 Å². The van der Waals surface area contributed by atoms with Gasteiger partial charge in [-0.05, 0) is 54.7 Å². The Kier molecular flexibility index (Phi) is 17.7. The summed E-state index contributed by atoms with van der Waals surface area (Å²) in [7, 11) is 10.7. The van der Waals surface area contributed by atoms with E-state index in [9.17, 15) is 9.59 Å². The SMILES string of the molecule is COOCC(CCCCNC(=O)/C=C/C=C/c1cc(OC)c(OC)c(OC)c1)NC(=O)/C=C/C=C/c1cc(OC)c(OC)c(OC)c1. The van der Waals surface area contributed by atoms with E-state index in [4.69, 9.17) is 38.2 Å². The monoisotopic (exact) mass is 654 g/mol. The van der Waals surface area contributed by atoms with E-state index in [0.717, 1.165) is 17.5 Å². The molecule has 0 saturated heterocycles. The third-order valence-corrected chi connectivity index (χ3v) is 6.68. The number of amides is 2. The number of ether oxygens (including phenoxy) is 6. The fourth-order valence-corrected chi connectivity index (χ4v) is 4.40. The van der Waals surface area contributed by atoms with Gasteiger partial charge in [0.1, 0.15) is 6.61 Å². The lowest BCUT2D eigenvalue weighted by Gasteiger charge is -2.16. The van der Waals surface area contributed by atoms with Crippen LogP contribution in [0.2, 0.25) is 0 Å². The van der Waals surface area contributed by atoms with Crippen molar-refractivity contribution in [1.29, 1.82) is 0 Å². The summed E-state index contributed by atoms with van der Waals surface area (Å²) in [5.41, 5.74) is 1.64. The van der Waals surface area contributed by atoms with Crippen LogP contribution in [0.3, 0.4) is 0 Å². The summed E-state index contributed by atoms with van der Waals surface area (Å²) in [6, 6.07) is 6.96. The van der Waals surface area contributed by atoms with Gasteiger partial charge in [-0.15, -0.1) is 0 Å². The van der Waals surface area contributed by atoms with Gasteiger partial charge < -0.3 is 39.1 Å². The fourth-order valence-electron chi connectivity index (χ4n) is 4.40. The van der Waals surface area contributed by atoms with E-state index in [1.54, 1.807) is 79.1 Å². The Morgan fingerprint density at radius 3 is 1.53 bits per heavy atom. The Morgan fingerprint density at radius 2 is 1.11 bits per heavy atom. The van der Waals surface area contributed by atoms with Crippen molar-refractivity contribution in [2.24, 2.45) is 0 Å². The maximum Gasteiger partial charge on any atom is 0.244 e. The van der Waals surface area contributed by atoms with Gasteiger partial charge in [0.15, 0.2) is 23.0 Å². The lowest BCUT2D eigenvalue weighted by Crippen LogP contribution is -2.37. The average Bonchev–Trinajstić information content (AvgIpc) is 3.09. The molecule has 256 valence electrons. The van der Waals surface area contributed by atoms with Crippen LogP contribution in [0.25, 0.3) is 12.2 Å². The number of methoxy groups -OCH3 is 6. The number of nitrogens with one attached hydrogen (secondary N) is 2. The second-order valence-electron chi connectivity index (χ2n) is 9.80. The minimum Gasteiger partial charge on any atom is -0.493 e. The molecular weight excluding hydrogens is 608 g/mol. The van der Waals surface area contributed by atoms with Crippen molar-refractivity contribution in [3.05, 3.63) is 71.8 Å². The van der Waals surface area contributed by atoms with Gasteiger partial charge in [-0.3, -0.25) is 9.59 Å². The van der Waals surface area contributed by atoms with Crippen molar-refractivity contribution in [3.8, 4) is 34.5 Å². The van der Waals surface area contributed by atoms with Crippen molar-refractivity contribution in [2.75, 3.05) is 62.9 Å². The maximum atomic E-state index is 12.5. The van der Waals surface area contributed by atoms with Gasteiger partial charge in [-0.25, -0.2) is 9.78 Å². The molecule has 2 aromatic carbocycles. The highest BCUT2D eigenvalue weighted by molar-refractivity contribution is 5.88. The molecule has 12 nitrogen and oxygen atoms in total. The number of carbonyl (C=O) groups excluding carboxylic acids is 2. The zero-order chi connectivity index (χ0) is 34.4. The van der Waals surface area contributed by atoms with Gasteiger partial charge in [0.2, 0.25) is 23.3 Å². The first kappa shape index (κ1) is 38.2. The smallest absolute Gasteiger partial charge is 0.244 e. The maximum absolute atomic E-state index is 12.5. The van der Waals surface area contributed by atoms with Crippen LogP contribution in [-0.2, 0) is 19.4 Å². The Hall–Kier alpha value is -4.94. The molecular formula is C35H46N2O10. The van der Waals surface area contributed by atoms with E-state index in [1.807, 2.05) is 24.3 Å². The molecule has 0 aromatic heterocycles. The molecule has 2 rings (SSSR count). The number of allylic oxidation sites excluding steroid dienone is 4. The van der Waals surface area contributed by atoms with Gasteiger partial charge in [0.05, 0.1) is 55.8 Å². The van der Waals surface area contributed by atoms with E-state index < -0.39 is 0 Å². The molecule has 2 aromatic rings. The molecule has 1 atom stereocenters. The predicted molar refractivity (Wildman–Crippen MR) is 180 cm³/mol. The third kappa shape index (κ3) is 13.1.